The molecule has 60 valence electrons. The van der Waals surface area contributed by atoms with E-state index in [1.165, 1.54) is 0 Å². The van der Waals surface area contributed by atoms with Crippen LogP contribution in [0.25, 0.3) is 0 Å². The second kappa shape index (κ2) is 3.27. The van der Waals surface area contributed by atoms with E-state index >= 15 is 0 Å². The van der Waals surface area contributed by atoms with Gasteiger partial charge in [0.1, 0.15) is 6.67 Å². The Morgan fingerprint density at radius 2 is 1.80 bits per heavy atom. The number of hydrogen-bond acceptors (Lipinski definition) is 3. The van der Waals surface area contributed by atoms with Crippen LogP contribution in [-0.4, -0.2) is 53.6 Å². The minimum atomic E-state index is -0.688. The summed E-state index contributed by atoms with van der Waals surface area (Å²) in [6.45, 7) is 0.684. The predicted molar refractivity (Wildman–Crippen MR) is 34.4 cm³/mol. The fourth-order valence-electron chi connectivity index (χ4n) is 1.15. The molecule has 0 aromatic heterocycles. The Labute approximate surface area is 59.1 Å². The summed E-state index contributed by atoms with van der Waals surface area (Å²) in [5.74, 6) is 0. The Morgan fingerprint density at radius 3 is 2.20 bits per heavy atom. The highest BCUT2D eigenvalue weighted by Crippen LogP contribution is 2.08. The third kappa shape index (κ3) is 1.65. The fraction of sp³-hybridized carbons (Fsp3) is 1.00. The topological polar surface area (TPSA) is 43.7 Å². The molecule has 2 N–H and O–H groups in total. The van der Waals surface area contributed by atoms with Crippen LogP contribution >= 0.6 is 0 Å². The van der Waals surface area contributed by atoms with Crippen molar-refractivity contribution in [3.63, 3.8) is 0 Å². The summed E-state index contributed by atoms with van der Waals surface area (Å²) in [5, 5.41) is 18.0. The molecule has 1 rings (SSSR count). The Balaban J connectivity index is 2.27. The van der Waals surface area contributed by atoms with Gasteiger partial charge in [0.2, 0.25) is 0 Å². The van der Waals surface area contributed by atoms with Gasteiger partial charge in [-0.15, -0.1) is 0 Å². The van der Waals surface area contributed by atoms with E-state index in [-0.39, 0.29) is 0 Å². The van der Waals surface area contributed by atoms with Crippen LogP contribution in [0.5, 0.6) is 0 Å². The number of halogens is 1. The van der Waals surface area contributed by atoms with Crippen molar-refractivity contribution in [2.45, 2.75) is 12.2 Å². The van der Waals surface area contributed by atoms with Crippen molar-refractivity contribution < 1.29 is 14.6 Å². The van der Waals surface area contributed by atoms with Gasteiger partial charge in [-0.05, 0) is 0 Å². The number of alkyl halides is 1. The van der Waals surface area contributed by atoms with Gasteiger partial charge in [-0.25, -0.2) is 4.39 Å². The summed E-state index contributed by atoms with van der Waals surface area (Å²) in [7, 11) is 0. The van der Waals surface area contributed by atoms with Gasteiger partial charge in [0.15, 0.2) is 0 Å². The van der Waals surface area contributed by atoms with E-state index in [0.717, 1.165) is 0 Å². The lowest BCUT2D eigenvalue weighted by Gasteiger charge is -2.10. The Kier molecular flexibility index (Phi) is 2.59. The molecule has 0 bridgehead atoms. The smallest absolute Gasteiger partial charge is 0.102 e. The van der Waals surface area contributed by atoms with Crippen molar-refractivity contribution >= 4 is 0 Å². The van der Waals surface area contributed by atoms with E-state index < -0.39 is 18.9 Å². The van der Waals surface area contributed by atoms with E-state index in [2.05, 4.69) is 0 Å². The molecule has 10 heavy (non-hydrogen) atoms. The van der Waals surface area contributed by atoms with Crippen LogP contribution in [0, 0.1) is 0 Å². The van der Waals surface area contributed by atoms with Crippen molar-refractivity contribution in [3.8, 4) is 0 Å². The lowest BCUT2D eigenvalue weighted by Crippen LogP contribution is -2.24. The highest BCUT2D eigenvalue weighted by Gasteiger charge is 2.28. The molecule has 1 saturated heterocycles. The highest BCUT2D eigenvalue weighted by molar-refractivity contribution is 4.82. The van der Waals surface area contributed by atoms with E-state index in [1.807, 2.05) is 0 Å². The Hall–Kier alpha value is -0.190. The first kappa shape index (κ1) is 7.91. The van der Waals surface area contributed by atoms with Gasteiger partial charge in [0, 0.05) is 19.6 Å². The molecule has 0 aromatic carbocycles. The van der Waals surface area contributed by atoms with Gasteiger partial charge in [-0.2, -0.15) is 0 Å². The third-order valence-corrected chi connectivity index (χ3v) is 1.74. The van der Waals surface area contributed by atoms with Crippen LogP contribution in [0.1, 0.15) is 0 Å². The van der Waals surface area contributed by atoms with Crippen LogP contribution in [-0.2, 0) is 0 Å². The fourth-order valence-corrected chi connectivity index (χ4v) is 1.15. The van der Waals surface area contributed by atoms with Crippen LogP contribution < -0.4 is 0 Å². The van der Waals surface area contributed by atoms with Gasteiger partial charge >= 0.3 is 0 Å². The molecule has 4 heteroatoms. The maximum absolute atomic E-state index is 11.7. The molecule has 1 heterocycles. The predicted octanol–water partition coefficient (Wildman–Crippen LogP) is -1.01. The van der Waals surface area contributed by atoms with E-state index in [0.29, 0.717) is 19.6 Å². The quantitative estimate of drug-likeness (QED) is 0.529. The summed E-state index contributed by atoms with van der Waals surface area (Å²) in [4.78, 5) is 1.70. The summed E-state index contributed by atoms with van der Waals surface area (Å²) in [5.41, 5.74) is 0. The van der Waals surface area contributed by atoms with Gasteiger partial charge in [0.05, 0.1) is 12.2 Å². The standard InChI is InChI=1S/C6H12FNO2/c7-1-2-8-3-5(9)6(10)4-8/h5-6,9-10H,1-4H2. The largest absolute Gasteiger partial charge is 0.389 e. The van der Waals surface area contributed by atoms with E-state index in [4.69, 9.17) is 10.2 Å². The minimum absolute atomic E-state index is 0.314. The molecule has 3 nitrogen and oxygen atoms in total. The molecule has 0 radical (unpaired) electrons. The van der Waals surface area contributed by atoms with Crippen molar-refractivity contribution in [2.75, 3.05) is 26.3 Å². The maximum Gasteiger partial charge on any atom is 0.102 e. The summed E-state index contributed by atoms with van der Waals surface area (Å²) in [6, 6.07) is 0. The van der Waals surface area contributed by atoms with Gasteiger partial charge < -0.3 is 10.2 Å². The first-order valence-corrected chi connectivity index (χ1v) is 3.38. The molecule has 1 aliphatic rings. The zero-order valence-corrected chi connectivity index (χ0v) is 5.70. The molecule has 0 spiro atoms. The Bertz CT molecular complexity index is 102. The molecular weight excluding hydrogens is 137 g/mol. The van der Waals surface area contributed by atoms with E-state index in [1.54, 1.807) is 4.90 Å². The van der Waals surface area contributed by atoms with Crippen molar-refractivity contribution in [3.05, 3.63) is 0 Å². The highest BCUT2D eigenvalue weighted by atomic mass is 19.1. The monoisotopic (exact) mass is 149 g/mol. The zero-order chi connectivity index (χ0) is 7.56. The lowest BCUT2D eigenvalue weighted by molar-refractivity contribution is 0.0572. The molecule has 1 aliphatic heterocycles. The maximum atomic E-state index is 11.7. The molecule has 2 atom stereocenters. The van der Waals surface area contributed by atoms with Gasteiger partial charge in [-0.3, -0.25) is 4.90 Å². The first-order valence-electron chi connectivity index (χ1n) is 3.38. The third-order valence-electron chi connectivity index (χ3n) is 1.74. The number of nitrogens with zero attached hydrogens (tertiary/aromatic N) is 1. The minimum Gasteiger partial charge on any atom is -0.389 e. The lowest BCUT2D eigenvalue weighted by atomic mass is 10.3. The van der Waals surface area contributed by atoms with Gasteiger partial charge in [0.25, 0.3) is 0 Å². The molecule has 0 aromatic rings. The SMILES string of the molecule is OC1CN(CCF)CC1O. The first-order chi connectivity index (χ1) is 4.74. The average Bonchev–Trinajstić information content (AvgIpc) is 2.14. The molecule has 1 fully saturated rings. The molecular formula is C6H12FNO2. The van der Waals surface area contributed by atoms with Crippen molar-refractivity contribution in [2.24, 2.45) is 0 Å². The van der Waals surface area contributed by atoms with Crippen molar-refractivity contribution in [1.82, 2.24) is 4.90 Å². The van der Waals surface area contributed by atoms with Crippen LogP contribution in [0.15, 0.2) is 0 Å². The van der Waals surface area contributed by atoms with E-state index in [9.17, 15) is 4.39 Å². The van der Waals surface area contributed by atoms with Crippen LogP contribution in [0.2, 0.25) is 0 Å². The Morgan fingerprint density at radius 1 is 1.30 bits per heavy atom. The number of aliphatic hydroxyl groups is 2. The number of hydrogen-bond donors (Lipinski definition) is 2. The average molecular weight is 149 g/mol. The summed E-state index contributed by atoms with van der Waals surface area (Å²) < 4.78 is 11.7. The molecule has 2 unspecified atom stereocenters. The number of β-amino-alcohol motifs (C(OH)–C–C–N with tert-alkyl or cyclic N) is 2. The number of aliphatic hydroxyl groups excluding tert-OH is 2. The van der Waals surface area contributed by atoms with Crippen LogP contribution in [0.4, 0.5) is 4.39 Å². The summed E-state index contributed by atoms with van der Waals surface area (Å²) >= 11 is 0. The molecule has 0 aliphatic carbocycles. The normalized spacial score (nSPS) is 35.1. The van der Waals surface area contributed by atoms with Crippen LogP contribution in [0.3, 0.4) is 0 Å². The summed E-state index contributed by atoms with van der Waals surface area (Å²) in [6.07, 6.45) is -1.38. The zero-order valence-electron chi connectivity index (χ0n) is 5.70. The van der Waals surface area contributed by atoms with Gasteiger partial charge in [-0.1, -0.05) is 0 Å². The van der Waals surface area contributed by atoms with Crippen molar-refractivity contribution in [1.29, 1.82) is 0 Å². The second-order valence-corrected chi connectivity index (χ2v) is 2.58. The molecule has 0 saturated carbocycles. The molecule has 0 amide bonds. The number of likely N-dealkylation sites (tertiary alicyclic amines) is 1. The number of rotatable bonds is 2. The second-order valence-electron chi connectivity index (χ2n) is 2.58.